The molecule has 1 rings (SSSR count). The molecule has 0 saturated heterocycles. The van der Waals surface area contributed by atoms with Crippen molar-refractivity contribution in [3.05, 3.63) is 10.6 Å². The van der Waals surface area contributed by atoms with E-state index in [0.29, 0.717) is 17.4 Å². The van der Waals surface area contributed by atoms with Crippen LogP contribution in [0.4, 0.5) is 0 Å². The highest BCUT2D eigenvalue weighted by atomic mass is 32.2. The molecule has 0 fully saturated rings. The third-order valence-corrected chi connectivity index (χ3v) is 2.83. The summed E-state index contributed by atoms with van der Waals surface area (Å²) < 4.78 is 5.52. The number of aryl methyl sites for hydroxylation is 1. The molecule has 0 atom stereocenters. The van der Waals surface area contributed by atoms with Crippen LogP contribution < -0.4 is 0 Å². The Balaban J connectivity index is 2.63. The summed E-state index contributed by atoms with van der Waals surface area (Å²) in [7, 11) is 0. The molecule has 0 aliphatic heterocycles. The minimum absolute atomic E-state index is 0.206. The van der Waals surface area contributed by atoms with Crippen LogP contribution in [-0.2, 0) is 16.0 Å². The van der Waals surface area contributed by atoms with E-state index in [1.54, 1.807) is 6.92 Å². The Labute approximate surface area is 86.5 Å². The number of rotatable bonds is 3. The number of carbonyl (C=O) groups excluding carboxylic acids is 1. The number of ether oxygens (including phenoxy) is 1. The first-order valence-corrected chi connectivity index (χ1v) is 5.20. The van der Waals surface area contributed by atoms with E-state index < -0.39 is 0 Å². The fourth-order valence-electron chi connectivity index (χ4n) is 0.920. The molecule has 0 spiro atoms. The normalized spacial score (nSPS) is 10.1. The lowest BCUT2D eigenvalue weighted by molar-refractivity contribution is -0.142. The predicted octanol–water partition coefficient (Wildman–Crippen LogP) is 1.85. The fraction of sp³-hybridized carbons (Fsp3) is 0.500. The highest BCUT2D eigenvalue weighted by Crippen LogP contribution is 2.21. The third kappa shape index (κ3) is 3.00. The molecule has 0 aliphatic carbocycles. The summed E-state index contributed by atoms with van der Waals surface area (Å²) in [6.07, 6.45) is 0.303. The largest absolute Gasteiger partial charge is 0.466 e. The molecule has 5 heteroatoms. The highest BCUT2D eigenvalue weighted by Gasteiger charge is 2.10. The van der Waals surface area contributed by atoms with E-state index in [9.17, 15) is 4.79 Å². The Bertz CT molecular complexity index is 309. The van der Waals surface area contributed by atoms with Gasteiger partial charge >= 0.3 is 5.97 Å². The molecule has 0 aromatic carbocycles. The van der Waals surface area contributed by atoms with Crippen LogP contribution in [-0.4, -0.2) is 17.6 Å². The molecule has 3 nitrogen and oxygen atoms in total. The Morgan fingerprint density at radius 2 is 2.38 bits per heavy atom. The van der Waals surface area contributed by atoms with Gasteiger partial charge in [-0.05, 0) is 13.8 Å². The van der Waals surface area contributed by atoms with Crippen molar-refractivity contribution in [3.8, 4) is 0 Å². The van der Waals surface area contributed by atoms with Gasteiger partial charge in [0.25, 0.3) is 0 Å². The fourth-order valence-corrected chi connectivity index (χ4v) is 2.19. The molecule has 1 aromatic rings. The van der Waals surface area contributed by atoms with E-state index in [-0.39, 0.29) is 5.97 Å². The highest BCUT2D eigenvalue weighted by molar-refractivity contribution is 7.82. The zero-order valence-electron chi connectivity index (χ0n) is 7.53. The first-order valence-electron chi connectivity index (χ1n) is 3.94. The van der Waals surface area contributed by atoms with Crippen molar-refractivity contribution in [1.29, 1.82) is 0 Å². The minimum Gasteiger partial charge on any atom is -0.466 e. The van der Waals surface area contributed by atoms with Gasteiger partial charge in [0.1, 0.15) is 4.34 Å². The van der Waals surface area contributed by atoms with Gasteiger partial charge in [-0.15, -0.1) is 24.0 Å². The van der Waals surface area contributed by atoms with Crippen LogP contribution in [0.1, 0.15) is 17.5 Å². The SMILES string of the molecule is CCOC(=O)Cc1sc(S)nc1C. The maximum atomic E-state index is 11.1. The van der Waals surface area contributed by atoms with Gasteiger partial charge in [0.05, 0.1) is 18.7 Å². The molecule has 0 amide bonds. The molecular weight excluding hydrogens is 206 g/mol. The molecule has 0 N–H and O–H groups in total. The molecule has 0 radical (unpaired) electrons. The summed E-state index contributed by atoms with van der Waals surface area (Å²) >= 11 is 5.53. The third-order valence-electron chi connectivity index (χ3n) is 1.49. The van der Waals surface area contributed by atoms with Crippen LogP contribution in [0, 0.1) is 6.92 Å². The van der Waals surface area contributed by atoms with Crippen LogP contribution >= 0.6 is 24.0 Å². The van der Waals surface area contributed by atoms with Crippen molar-refractivity contribution in [2.24, 2.45) is 0 Å². The van der Waals surface area contributed by atoms with Crippen LogP contribution in [0.3, 0.4) is 0 Å². The molecular formula is C8H11NO2S2. The monoisotopic (exact) mass is 217 g/mol. The van der Waals surface area contributed by atoms with E-state index in [1.165, 1.54) is 11.3 Å². The molecule has 0 saturated carbocycles. The van der Waals surface area contributed by atoms with Gasteiger partial charge in [-0.25, -0.2) is 4.98 Å². The summed E-state index contributed by atoms with van der Waals surface area (Å²) in [5.41, 5.74) is 0.864. The first-order chi connectivity index (χ1) is 6.13. The molecule has 0 bridgehead atoms. The maximum Gasteiger partial charge on any atom is 0.311 e. The van der Waals surface area contributed by atoms with Gasteiger partial charge in [0.2, 0.25) is 0 Å². The molecule has 1 heterocycles. The summed E-state index contributed by atoms with van der Waals surface area (Å²) in [5, 5.41) is 0. The molecule has 72 valence electrons. The van der Waals surface area contributed by atoms with Gasteiger partial charge in [0.15, 0.2) is 0 Å². The van der Waals surface area contributed by atoms with Crippen LogP contribution in [0.5, 0.6) is 0 Å². The number of hydrogen-bond donors (Lipinski definition) is 1. The Morgan fingerprint density at radius 3 is 2.85 bits per heavy atom. The van der Waals surface area contributed by atoms with Crippen molar-refractivity contribution < 1.29 is 9.53 Å². The lowest BCUT2D eigenvalue weighted by Crippen LogP contribution is -2.07. The van der Waals surface area contributed by atoms with E-state index >= 15 is 0 Å². The van der Waals surface area contributed by atoms with Gasteiger partial charge < -0.3 is 4.74 Å². The van der Waals surface area contributed by atoms with Crippen LogP contribution in [0.15, 0.2) is 4.34 Å². The predicted molar refractivity (Wildman–Crippen MR) is 54.4 cm³/mol. The average molecular weight is 217 g/mol. The first kappa shape index (κ1) is 10.5. The second kappa shape index (κ2) is 4.62. The topological polar surface area (TPSA) is 39.2 Å². The Kier molecular flexibility index (Phi) is 3.74. The van der Waals surface area contributed by atoms with Crippen LogP contribution in [0.2, 0.25) is 0 Å². The van der Waals surface area contributed by atoms with Crippen molar-refractivity contribution in [2.75, 3.05) is 6.61 Å². The smallest absolute Gasteiger partial charge is 0.311 e. The van der Waals surface area contributed by atoms with Crippen LogP contribution in [0.25, 0.3) is 0 Å². The summed E-state index contributed by atoms with van der Waals surface area (Å²) in [6, 6.07) is 0. The van der Waals surface area contributed by atoms with E-state index in [1.807, 2.05) is 6.92 Å². The van der Waals surface area contributed by atoms with Gasteiger partial charge in [-0.1, -0.05) is 0 Å². The standard InChI is InChI=1S/C8H11NO2S2/c1-3-11-7(10)4-6-5(2)9-8(12)13-6/h3-4H2,1-2H3,(H,9,12). The number of aromatic nitrogens is 1. The van der Waals surface area contributed by atoms with E-state index in [2.05, 4.69) is 17.6 Å². The Hall–Kier alpha value is -0.550. The van der Waals surface area contributed by atoms with E-state index in [0.717, 1.165) is 10.6 Å². The number of nitrogens with zero attached hydrogens (tertiary/aromatic N) is 1. The number of thiazole rings is 1. The summed E-state index contributed by atoms with van der Waals surface area (Å²) in [4.78, 5) is 16.1. The maximum absolute atomic E-state index is 11.1. The second-order valence-electron chi connectivity index (χ2n) is 2.49. The van der Waals surface area contributed by atoms with Gasteiger partial charge in [-0.2, -0.15) is 0 Å². The minimum atomic E-state index is -0.206. The van der Waals surface area contributed by atoms with Gasteiger partial charge in [-0.3, -0.25) is 4.79 Å². The molecule has 0 unspecified atom stereocenters. The quantitative estimate of drug-likeness (QED) is 0.620. The molecule has 0 aliphatic rings. The number of esters is 1. The number of thiol groups is 1. The van der Waals surface area contributed by atoms with Crippen molar-refractivity contribution >= 4 is 29.9 Å². The second-order valence-corrected chi connectivity index (χ2v) is 4.30. The number of hydrogen-bond acceptors (Lipinski definition) is 5. The zero-order valence-corrected chi connectivity index (χ0v) is 9.24. The molecule has 13 heavy (non-hydrogen) atoms. The van der Waals surface area contributed by atoms with Crippen molar-refractivity contribution in [2.45, 2.75) is 24.6 Å². The lowest BCUT2D eigenvalue weighted by atomic mass is 10.3. The summed E-state index contributed by atoms with van der Waals surface area (Å²) in [5.74, 6) is -0.206. The van der Waals surface area contributed by atoms with Gasteiger partial charge in [0, 0.05) is 4.88 Å². The molecule has 1 aromatic heterocycles. The van der Waals surface area contributed by atoms with Crippen molar-refractivity contribution in [1.82, 2.24) is 4.98 Å². The van der Waals surface area contributed by atoms with Crippen molar-refractivity contribution in [3.63, 3.8) is 0 Å². The average Bonchev–Trinajstić information content (AvgIpc) is 2.30. The van der Waals surface area contributed by atoms with E-state index in [4.69, 9.17) is 4.74 Å². The lowest BCUT2D eigenvalue weighted by Gasteiger charge is -1.99. The Morgan fingerprint density at radius 1 is 1.69 bits per heavy atom. The summed E-state index contributed by atoms with van der Waals surface area (Å²) in [6.45, 7) is 4.08. The number of carbonyl (C=O) groups is 1. The zero-order chi connectivity index (χ0) is 9.84.